The van der Waals surface area contributed by atoms with Gasteiger partial charge in [-0.05, 0) is 62.8 Å². The van der Waals surface area contributed by atoms with Crippen LogP contribution in [0.15, 0.2) is 34.8 Å². The molecular formula is C24H31BrCl2N2O4. The van der Waals surface area contributed by atoms with Crippen molar-refractivity contribution in [1.82, 2.24) is 9.80 Å². The second-order valence-electron chi connectivity index (χ2n) is 8.24. The molecule has 1 aliphatic rings. The van der Waals surface area contributed by atoms with Crippen LogP contribution in [-0.4, -0.2) is 74.6 Å². The Hall–Kier alpha value is -1.22. The number of nitrogens with zero attached hydrogens (tertiary/aromatic N) is 2. The maximum atomic E-state index is 10.4. The number of aliphatic hydroxyl groups is 1. The first-order chi connectivity index (χ1) is 15.9. The first-order valence-corrected chi connectivity index (χ1v) is 12.6. The number of rotatable bonds is 12. The maximum absolute atomic E-state index is 10.4. The van der Waals surface area contributed by atoms with Gasteiger partial charge in [0.2, 0.25) is 0 Å². The molecule has 9 heteroatoms. The highest BCUT2D eigenvalue weighted by atomic mass is 79.9. The number of benzene rings is 2. The van der Waals surface area contributed by atoms with Gasteiger partial charge in [0.15, 0.2) is 17.2 Å². The van der Waals surface area contributed by atoms with Crippen LogP contribution >= 0.6 is 39.1 Å². The number of hydrogen-bond acceptors (Lipinski definition) is 6. The van der Waals surface area contributed by atoms with E-state index >= 15 is 0 Å². The van der Waals surface area contributed by atoms with Crippen molar-refractivity contribution >= 4 is 39.1 Å². The van der Waals surface area contributed by atoms with Gasteiger partial charge in [-0.1, -0.05) is 45.2 Å². The van der Waals surface area contributed by atoms with Crippen molar-refractivity contribution < 1.29 is 19.3 Å². The molecule has 3 rings (SSSR count). The fourth-order valence-electron chi connectivity index (χ4n) is 3.86. The number of methoxy groups -OCH3 is 1. The van der Waals surface area contributed by atoms with E-state index < -0.39 is 6.10 Å². The minimum absolute atomic E-state index is 0.0819. The molecule has 2 aromatic carbocycles. The number of halogens is 3. The monoisotopic (exact) mass is 560 g/mol. The number of ether oxygens (including phenoxy) is 3. The van der Waals surface area contributed by atoms with E-state index in [2.05, 4.69) is 20.8 Å². The van der Waals surface area contributed by atoms with E-state index in [0.717, 1.165) is 35.4 Å². The smallest absolute Gasteiger partial charge is 0.161 e. The SMILES string of the molecule is COc1cc(CN(C)CC(O)COc2c(Cl)cc(Br)cc2Cl)ccc1OCCN1CCCC1. The highest BCUT2D eigenvalue weighted by Crippen LogP contribution is 2.36. The maximum Gasteiger partial charge on any atom is 0.161 e. The molecule has 33 heavy (non-hydrogen) atoms. The third-order valence-corrected chi connectivity index (χ3v) is 6.47. The van der Waals surface area contributed by atoms with Gasteiger partial charge in [-0.25, -0.2) is 0 Å². The van der Waals surface area contributed by atoms with Crippen molar-refractivity contribution in [3.05, 3.63) is 50.4 Å². The molecular weight excluding hydrogens is 531 g/mol. The number of likely N-dealkylation sites (tertiary alicyclic amines) is 1. The Morgan fingerprint density at radius 2 is 1.79 bits per heavy atom. The molecule has 1 unspecified atom stereocenters. The zero-order valence-corrected chi connectivity index (χ0v) is 22.1. The summed E-state index contributed by atoms with van der Waals surface area (Å²) < 4.78 is 17.9. The van der Waals surface area contributed by atoms with Crippen molar-refractivity contribution in [3.63, 3.8) is 0 Å². The van der Waals surface area contributed by atoms with Crippen LogP contribution < -0.4 is 14.2 Å². The molecule has 1 aliphatic heterocycles. The summed E-state index contributed by atoms with van der Waals surface area (Å²) in [6.45, 7) is 5.04. The minimum Gasteiger partial charge on any atom is -0.493 e. The molecule has 1 heterocycles. The summed E-state index contributed by atoms with van der Waals surface area (Å²) in [5, 5.41) is 11.2. The third-order valence-electron chi connectivity index (χ3n) is 5.45. The molecule has 0 radical (unpaired) electrons. The van der Waals surface area contributed by atoms with E-state index in [9.17, 15) is 5.11 Å². The van der Waals surface area contributed by atoms with Gasteiger partial charge in [-0.2, -0.15) is 0 Å². The van der Waals surface area contributed by atoms with Crippen molar-refractivity contribution in [2.75, 3.05) is 53.6 Å². The van der Waals surface area contributed by atoms with Crippen LogP contribution in [0.5, 0.6) is 17.2 Å². The van der Waals surface area contributed by atoms with Crippen molar-refractivity contribution in [2.45, 2.75) is 25.5 Å². The molecule has 1 atom stereocenters. The van der Waals surface area contributed by atoms with Crippen LogP contribution in [0.4, 0.5) is 0 Å². The summed E-state index contributed by atoms with van der Waals surface area (Å²) in [7, 11) is 3.59. The van der Waals surface area contributed by atoms with E-state index in [1.165, 1.54) is 12.8 Å². The van der Waals surface area contributed by atoms with Gasteiger partial charge in [-0.15, -0.1) is 0 Å². The van der Waals surface area contributed by atoms with Gasteiger partial charge in [0.1, 0.15) is 19.3 Å². The van der Waals surface area contributed by atoms with Crippen LogP contribution in [0.2, 0.25) is 10.0 Å². The predicted molar refractivity (Wildman–Crippen MR) is 136 cm³/mol. The molecule has 0 aliphatic carbocycles. The summed E-state index contributed by atoms with van der Waals surface area (Å²) in [5.41, 5.74) is 1.06. The van der Waals surface area contributed by atoms with E-state index in [1.54, 1.807) is 19.2 Å². The summed E-state index contributed by atoms with van der Waals surface area (Å²) in [4.78, 5) is 4.44. The lowest BCUT2D eigenvalue weighted by Crippen LogP contribution is -2.32. The average molecular weight is 562 g/mol. The molecule has 0 spiro atoms. The summed E-state index contributed by atoms with van der Waals surface area (Å²) in [6, 6.07) is 9.35. The van der Waals surface area contributed by atoms with Gasteiger partial charge in [0.05, 0.1) is 17.2 Å². The molecule has 1 saturated heterocycles. The first kappa shape index (κ1) is 26.4. The van der Waals surface area contributed by atoms with Crippen molar-refractivity contribution in [3.8, 4) is 17.2 Å². The largest absolute Gasteiger partial charge is 0.493 e. The van der Waals surface area contributed by atoms with Crippen LogP contribution in [0, 0.1) is 0 Å². The van der Waals surface area contributed by atoms with Crippen LogP contribution in [0.25, 0.3) is 0 Å². The third kappa shape index (κ3) is 8.19. The van der Waals surface area contributed by atoms with Crippen molar-refractivity contribution in [2.24, 2.45) is 0 Å². The Kier molecular flexibility index (Phi) is 10.4. The minimum atomic E-state index is -0.708. The highest BCUT2D eigenvalue weighted by Gasteiger charge is 2.15. The zero-order chi connectivity index (χ0) is 23.8. The van der Waals surface area contributed by atoms with Gasteiger partial charge in [0, 0.05) is 24.1 Å². The Balaban J connectivity index is 1.47. The second-order valence-corrected chi connectivity index (χ2v) is 9.97. The molecule has 0 amide bonds. The molecule has 182 valence electrons. The average Bonchev–Trinajstić information content (AvgIpc) is 3.27. The molecule has 0 saturated carbocycles. The van der Waals surface area contributed by atoms with Gasteiger partial charge >= 0.3 is 0 Å². The van der Waals surface area contributed by atoms with Gasteiger partial charge in [0.25, 0.3) is 0 Å². The number of hydrogen-bond donors (Lipinski definition) is 1. The van der Waals surface area contributed by atoms with E-state index in [-0.39, 0.29) is 6.61 Å². The van der Waals surface area contributed by atoms with Crippen LogP contribution in [-0.2, 0) is 6.54 Å². The van der Waals surface area contributed by atoms with E-state index in [0.29, 0.717) is 41.2 Å². The normalized spacial score (nSPS) is 15.1. The van der Waals surface area contributed by atoms with Crippen LogP contribution in [0.3, 0.4) is 0 Å². The Labute approximate surface area is 214 Å². The first-order valence-electron chi connectivity index (χ1n) is 11.0. The summed E-state index contributed by atoms with van der Waals surface area (Å²) >= 11 is 15.7. The predicted octanol–water partition coefficient (Wildman–Crippen LogP) is 5.11. The van der Waals surface area contributed by atoms with Crippen LogP contribution in [0.1, 0.15) is 18.4 Å². The molecule has 1 N–H and O–H groups in total. The summed E-state index contributed by atoms with van der Waals surface area (Å²) in [5.74, 6) is 1.83. The molecule has 1 fully saturated rings. The lowest BCUT2D eigenvalue weighted by atomic mass is 10.2. The lowest BCUT2D eigenvalue weighted by molar-refractivity contribution is 0.0744. The fourth-order valence-corrected chi connectivity index (χ4v) is 5.17. The van der Waals surface area contributed by atoms with Gasteiger partial charge < -0.3 is 19.3 Å². The highest BCUT2D eigenvalue weighted by molar-refractivity contribution is 9.10. The molecule has 0 aromatic heterocycles. The molecule has 0 bridgehead atoms. The standard InChI is InChI=1S/C24H31BrCl2N2O4/c1-28(15-19(30)16-33-24-20(26)12-18(25)13-21(24)27)14-17-5-6-22(23(11-17)31-2)32-10-9-29-7-3-4-8-29/h5-6,11-13,19,30H,3-4,7-10,14-16H2,1-2H3. The Morgan fingerprint density at radius 1 is 1.09 bits per heavy atom. The molecule has 6 nitrogen and oxygen atoms in total. The van der Waals surface area contributed by atoms with E-state index in [4.69, 9.17) is 37.4 Å². The summed E-state index contributed by atoms with van der Waals surface area (Å²) in [6.07, 6.45) is 1.84. The number of likely N-dealkylation sites (N-methyl/N-ethyl adjacent to an activating group) is 1. The quantitative estimate of drug-likeness (QED) is 0.388. The van der Waals surface area contributed by atoms with Gasteiger partial charge in [-0.3, -0.25) is 9.80 Å². The van der Waals surface area contributed by atoms with E-state index in [1.807, 2.05) is 30.1 Å². The molecule has 2 aromatic rings. The number of aliphatic hydroxyl groups excluding tert-OH is 1. The Bertz CT molecular complexity index is 889. The van der Waals surface area contributed by atoms with Crippen molar-refractivity contribution in [1.29, 1.82) is 0 Å². The second kappa shape index (κ2) is 13.0. The lowest BCUT2D eigenvalue weighted by Gasteiger charge is -2.22. The fraction of sp³-hybridized carbons (Fsp3) is 0.500. The zero-order valence-electron chi connectivity index (χ0n) is 19.0. The Morgan fingerprint density at radius 3 is 2.45 bits per heavy atom. The topological polar surface area (TPSA) is 54.4 Å².